The Morgan fingerprint density at radius 3 is 2.94 bits per heavy atom. The Balaban J connectivity index is 2.06. The number of rotatable bonds is 4. The highest BCUT2D eigenvalue weighted by Gasteiger charge is 2.36. The number of carboxylic acids is 1. The van der Waals surface area contributed by atoms with Crippen LogP contribution >= 0.6 is 0 Å². The Morgan fingerprint density at radius 1 is 1.62 bits per heavy atom. The molecule has 1 aliphatic rings. The van der Waals surface area contributed by atoms with Crippen LogP contribution in [0, 0.1) is 0 Å². The number of hydrogen-bond acceptors (Lipinski definition) is 3. The summed E-state index contributed by atoms with van der Waals surface area (Å²) in [4.78, 5) is 14.8. The number of carboxylic acid groups (broad SMARTS) is 1. The van der Waals surface area contributed by atoms with Crippen LogP contribution in [0.15, 0.2) is 18.3 Å². The highest BCUT2D eigenvalue weighted by Crippen LogP contribution is 2.35. The molecule has 0 bridgehead atoms. The molecule has 16 heavy (non-hydrogen) atoms. The molecule has 1 aromatic heterocycles. The Morgan fingerprint density at radius 2 is 2.38 bits per heavy atom. The smallest absolute Gasteiger partial charge is 0.339 e. The van der Waals surface area contributed by atoms with Gasteiger partial charge in [0.1, 0.15) is 17.1 Å². The van der Waals surface area contributed by atoms with E-state index in [0.29, 0.717) is 12.8 Å². The van der Waals surface area contributed by atoms with Crippen molar-refractivity contribution in [1.29, 1.82) is 0 Å². The fraction of sp³-hybridized carbons (Fsp3) is 0.455. The minimum atomic E-state index is -1.19. The third kappa shape index (κ3) is 2.13. The maximum Gasteiger partial charge on any atom is 0.339 e. The lowest BCUT2D eigenvalue weighted by atomic mass is 9.82. The molecule has 1 aliphatic carbocycles. The van der Waals surface area contributed by atoms with Gasteiger partial charge in [-0.2, -0.15) is 0 Å². The van der Waals surface area contributed by atoms with E-state index in [9.17, 15) is 9.18 Å². The van der Waals surface area contributed by atoms with Crippen molar-refractivity contribution in [3.05, 3.63) is 23.9 Å². The molecule has 0 atom stereocenters. The van der Waals surface area contributed by atoms with Gasteiger partial charge in [-0.15, -0.1) is 0 Å². The van der Waals surface area contributed by atoms with E-state index in [2.05, 4.69) is 10.3 Å². The van der Waals surface area contributed by atoms with Crippen LogP contribution in [-0.4, -0.2) is 28.3 Å². The third-order valence-electron chi connectivity index (χ3n) is 2.86. The topological polar surface area (TPSA) is 62.2 Å². The van der Waals surface area contributed by atoms with E-state index in [1.54, 1.807) is 6.07 Å². The van der Waals surface area contributed by atoms with Gasteiger partial charge >= 0.3 is 5.97 Å². The first-order chi connectivity index (χ1) is 7.61. The Kier molecular flexibility index (Phi) is 2.77. The van der Waals surface area contributed by atoms with Gasteiger partial charge < -0.3 is 10.4 Å². The fourth-order valence-corrected chi connectivity index (χ4v) is 1.70. The third-order valence-corrected chi connectivity index (χ3v) is 2.86. The number of alkyl halides is 1. The predicted molar refractivity (Wildman–Crippen MR) is 57.4 cm³/mol. The summed E-state index contributed by atoms with van der Waals surface area (Å²) in [6, 6.07) is 2.99. The largest absolute Gasteiger partial charge is 0.478 e. The number of aromatic nitrogens is 1. The maximum absolute atomic E-state index is 13.7. The van der Waals surface area contributed by atoms with Crippen molar-refractivity contribution in [2.45, 2.75) is 24.9 Å². The highest BCUT2D eigenvalue weighted by molar-refractivity contribution is 5.92. The first-order valence-electron chi connectivity index (χ1n) is 5.22. The first kappa shape index (κ1) is 10.9. The molecular weight excluding hydrogens is 211 g/mol. The van der Waals surface area contributed by atoms with E-state index in [1.165, 1.54) is 12.3 Å². The van der Waals surface area contributed by atoms with Gasteiger partial charge in [0.15, 0.2) is 0 Å². The molecule has 1 heterocycles. The zero-order chi connectivity index (χ0) is 11.6. The molecule has 0 aromatic carbocycles. The zero-order valence-electron chi connectivity index (χ0n) is 8.74. The van der Waals surface area contributed by atoms with Gasteiger partial charge in [-0.3, -0.25) is 0 Å². The molecule has 2 rings (SSSR count). The monoisotopic (exact) mass is 224 g/mol. The summed E-state index contributed by atoms with van der Waals surface area (Å²) < 4.78 is 13.7. The number of halogens is 1. The maximum atomic E-state index is 13.7. The fourth-order valence-electron chi connectivity index (χ4n) is 1.70. The van der Waals surface area contributed by atoms with Crippen LogP contribution in [0.2, 0.25) is 0 Å². The molecule has 1 saturated carbocycles. The van der Waals surface area contributed by atoms with Crippen LogP contribution in [0.5, 0.6) is 0 Å². The van der Waals surface area contributed by atoms with Crippen molar-refractivity contribution < 1.29 is 14.3 Å². The summed E-state index contributed by atoms with van der Waals surface area (Å²) in [6.45, 7) is 0.129. The van der Waals surface area contributed by atoms with E-state index >= 15 is 0 Å². The molecule has 4 nitrogen and oxygen atoms in total. The highest BCUT2D eigenvalue weighted by atomic mass is 19.1. The average Bonchev–Trinajstić information content (AvgIpc) is 2.24. The lowest BCUT2D eigenvalue weighted by Gasteiger charge is -2.34. The van der Waals surface area contributed by atoms with Gasteiger partial charge in [0, 0.05) is 6.20 Å². The van der Waals surface area contributed by atoms with Crippen molar-refractivity contribution in [2.24, 2.45) is 0 Å². The quantitative estimate of drug-likeness (QED) is 0.822. The van der Waals surface area contributed by atoms with Crippen molar-refractivity contribution >= 4 is 11.8 Å². The molecule has 0 unspecified atom stereocenters. The Labute approximate surface area is 92.5 Å². The van der Waals surface area contributed by atoms with Crippen LogP contribution < -0.4 is 5.32 Å². The van der Waals surface area contributed by atoms with Gasteiger partial charge in [0.25, 0.3) is 0 Å². The molecule has 0 spiro atoms. The second-order valence-electron chi connectivity index (χ2n) is 4.06. The van der Waals surface area contributed by atoms with Gasteiger partial charge in [-0.1, -0.05) is 0 Å². The van der Waals surface area contributed by atoms with Gasteiger partial charge in [-0.05, 0) is 31.4 Å². The Hall–Kier alpha value is -1.65. The molecule has 86 valence electrons. The molecule has 1 aromatic rings. The number of pyridine rings is 1. The lowest BCUT2D eigenvalue weighted by molar-refractivity contribution is 0.0693. The molecule has 0 aliphatic heterocycles. The number of nitrogens with zero attached hydrogens (tertiary/aromatic N) is 1. The minimum absolute atomic E-state index is 0.0745. The summed E-state index contributed by atoms with van der Waals surface area (Å²) in [5, 5.41) is 11.7. The molecule has 0 saturated heterocycles. The number of nitrogens with one attached hydrogen (secondary N) is 1. The average molecular weight is 224 g/mol. The number of carbonyl (C=O) groups is 1. The summed E-state index contributed by atoms with van der Waals surface area (Å²) in [5.41, 5.74) is -1.11. The summed E-state index contributed by atoms with van der Waals surface area (Å²) in [6.07, 6.45) is 3.46. The van der Waals surface area contributed by atoms with E-state index in [0.717, 1.165) is 6.42 Å². The van der Waals surface area contributed by atoms with Gasteiger partial charge in [0.2, 0.25) is 0 Å². The second kappa shape index (κ2) is 4.08. The van der Waals surface area contributed by atoms with Crippen molar-refractivity contribution in [1.82, 2.24) is 4.98 Å². The molecule has 2 N–H and O–H groups in total. The number of hydrogen-bond donors (Lipinski definition) is 2. The summed E-state index contributed by atoms with van der Waals surface area (Å²) in [7, 11) is 0. The van der Waals surface area contributed by atoms with Crippen LogP contribution in [0.3, 0.4) is 0 Å². The van der Waals surface area contributed by atoms with Crippen LogP contribution in [0.25, 0.3) is 0 Å². The normalized spacial score (nSPS) is 17.6. The second-order valence-corrected chi connectivity index (χ2v) is 4.06. The van der Waals surface area contributed by atoms with Crippen molar-refractivity contribution in [3.63, 3.8) is 0 Å². The molecule has 0 radical (unpaired) electrons. The minimum Gasteiger partial charge on any atom is -0.478 e. The van der Waals surface area contributed by atoms with Crippen LogP contribution in [0.4, 0.5) is 10.2 Å². The summed E-state index contributed by atoms with van der Waals surface area (Å²) >= 11 is 0. The van der Waals surface area contributed by atoms with E-state index in [4.69, 9.17) is 5.11 Å². The van der Waals surface area contributed by atoms with Gasteiger partial charge in [-0.25, -0.2) is 14.2 Å². The van der Waals surface area contributed by atoms with E-state index < -0.39 is 11.6 Å². The number of aromatic carboxylic acids is 1. The molecule has 5 heteroatoms. The zero-order valence-corrected chi connectivity index (χ0v) is 8.74. The molecular formula is C11H13FN2O2. The van der Waals surface area contributed by atoms with Gasteiger partial charge in [0.05, 0.1) is 6.54 Å². The molecule has 0 amide bonds. The van der Waals surface area contributed by atoms with Crippen LogP contribution in [-0.2, 0) is 0 Å². The van der Waals surface area contributed by atoms with E-state index in [1.807, 2.05) is 0 Å². The summed E-state index contributed by atoms with van der Waals surface area (Å²) in [5.74, 6) is -0.823. The first-order valence-corrected chi connectivity index (χ1v) is 5.22. The standard InChI is InChI=1S/C11H13FN2O2/c12-11(4-2-5-11)7-14-9-8(10(15)16)3-1-6-13-9/h1,3,6H,2,4-5,7H2,(H,13,14)(H,15,16). The SMILES string of the molecule is O=C(O)c1cccnc1NCC1(F)CCC1. The van der Waals surface area contributed by atoms with Crippen molar-refractivity contribution in [2.75, 3.05) is 11.9 Å². The van der Waals surface area contributed by atoms with Crippen molar-refractivity contribution in [3.8, 4) is 0 Å². The Bertz CT molecular complexity index is 405. The predicted octanol–water partition coefficient (Wildman–Crippen LogP) is 2.08. The number of anilines is 1. The lowest BCUT2D eigenvalue weighted by Crippen LogP contribution is -2.39. The molecule has 1 fully saturated rings. The van der Waals surface area contributed by atoms with Crippen LogP contribution in [0.1, 0.15) is 29.6 Å². The van der Waals surface area contributed by atoms with E-state index in [-0.39, 0.29) is 17.9 Å².